The topological polar surface area (TPSA) is 90.7 Å². The number of aromatic amines is 1. The third-order valence-electron chi connectivity index (χ3n) is 4.85. The third-order valence-corrected chi connectivity index (χ3v) is 4.85. The molecule has 27 heavy (non-hydrogen) atoms. The largest absolute Gasteiger partial charge is 0.493 e. The lowest BCUT2D eigenvalue weighted by Gasteiger charge is -2.19. The first-order valence-electron chi connectivity index (χ1n) is 9.49. The average Bonchev–Trinajstić information content (AvgIpc) is 2.90. The van der Waals surface area contributed by atoms with E-state index in [9.17, 15) is 14.7 Å². The monoisotopic (exact) mass is 370 g/mol. The summed E-state index contributed by atoms with van der Waals surface area (Å²) in [6.45, 7) is 5.49. The van der Waals surface area contributed by atoms with Crippen LogP contribution in [-0.2, 0) is 0 Å². The minimum atomic E-state index is -0.671. The van der Waals surface area contributed by atoms with E-state index in [1.165, 1.54) is 12.8 Å². The van der Waals surface area contributed by atoms with Crippen LogP contribution in [0.4, 0.5) is 0 Å². The quantitative estimate of drug-likeness (QED) is 0.809. The van der Waals surface area contributed by atoms with Crippen LogP contribution in [-0.4, -0.2) is 38.5 Å². The molecule has 2 heterocycles. The van der Waals surface area contributed by atoms with Gasteiger partial charge in [-0.3, -0.25) is 14.8 Å². The Hall–Kier alpha value is -2.83. The average molecular weight is 370 g/mol. The maximum absolute atomic E-state index is 12.5. The van der Waals surface area contributed by atoms with Gasteiger partial charge in [-0.25, -0.2) is 9.36 Å². The highest BCUT2D eigenvalue weighted by molar-refractivity contribution is 6.01. The van der Waals surface area contributed by atoms with Crippen molar-refractivity contribution in [1.82, 2.24) is 14.6 Å². The van der Waals surface area contributed by atoms with Crippen LogP contribution in [0.1, 0.15) is 50.2 Å². The van der Waals surface area contributed by atoms with Gasteiger partial charge in [0.2, 0.25) is 5.88 Å². The molecule has 0 radical (unpaired) electrons. The highest BCUT2D eigenvalue weighted by Gasteiger charge is 2.20. The number of aryl methyl sites for hydroxylation is 1. The Bertz CT molecular complexity index is 933. The molecule has 1 saturated heterocycles. The predicted molar refractivity (Wildman–Crippen MR) is 106 cm³/mol. The van der Waals surface area contributed by atoms with Gasteiger partial charge >= 0.3 is 5.69 Å². The van der Waals surface area contributed by atoms with E-state index < -0.39 is 11.2 Å². The number of aromatic nitrogens is 2. The second-order valence-electron chi connectivity index (χ2n) is 6.90. The molecule has 144 valence electrons. The molecular formula is C20H26N4O3. The van der Waals surface area contributed by atoms with Gasteiger partial charge in [0.25, 0.3) is 5.56 Å². The van der Waals surface area contributed by atoms with E-state index in [-0.39, 0.29) is 11.4 Å². The molecule has 0 spiro atoms. The van der Waals surface area contributed by atoms with Crippen molar-refractivity contribution in [1.29, 1.82) is 0 Å². The summed E-state index contributed by atoms with van der Waals surface area (Å²) in [4.78, 5) is 27.1. The number of H-pyrrole nitrogens is 1. The minimum Gasteiger partial charge on any atom is -0.493 e. The molecule has 2 aromatic rings. The molecule has 7 nitrogen and oxygen atoms in total. The van der Waals surface area contributed by atoms with Gasteiger partial charge in [-0.1, -0.05) is 37.5 Å². The smallest absolute Gasteiger partial charge is 0.335 e. The lowest BCUT2D eigenvalue weighted by atomic mass is 10.1. The molecular weight excluding hydrogens is 344 g/mol. The van der Waals surface area contributed by atoms with Crippen molar-refractivity contribution in [2.45, 2.75) is 46.0 Å². The van der Waals surface area contributed by atoms with E-state index in [1.54, 1.807) is 12.1 Å². The van der Waals surface area contributed by atoms with Crippen LogP contribution in [0.15, 0.2) is 39.0 Å². The molecule has 7 heteroatoms. The lowest BCUT2D eigenvalue weighted by molar-refractivity contribution is 0.300. The van der Waals surface area contributed by atoms with Gasteiger partial charge < -0.3 is 5.11 Å². The van der Waals surface area contributed by atoms with Crippen molar-refractivity contribution in [2.24, 2.45) is 5.10 Å². The van der Waals surface area contributed by atoms with Crippen molar-refractivity contribution in [3.8, 4) is 11.6 Å². The summed E-state index contributed by atoms with van der Waals surface area (Å²) in [5, 5.41) is 17.4. The molecule has 0 amide bonds. The van der Waals surface area contributed by atoms with Gasteiger partial charge in [-0.2, -0.15) is 5.10 Å². The predicted octanol–water partition coefficient (Wildman–Crippen LogP) is 2.53. The van der Waals surface area contributed by atoms with E-state index in [0.29, 0.717) is 17.8 Å². The zero-order chi connectivity index (χ0) is 19.4. The second-order valence-corrected chi connectivity index (χ2v) is 6.90. The number of hydrogen-bond acceptors (Lipinski definition) is 5. The van der Waals surface area contributed by atoms with E-state index in [0.717, 1.165) is 36.1 Å². The SMILES string of the molecule is CC/C(=N\N1CCCCCC1)c1c(O)n(-c2ccc(C)cc2)c(=O)[nH]c1=O. The number of nitrogens with one attached hydrogen (secondary N) is 1. The first kappa shape index (κ1) is 18.9. The second kappa shape index (κ2) is 8.24. The van der Waals surface area contributed by atoms with Crippen LogP contribution in [0.3, 0.4) is 0 Å². The highest BCUT2D eigenvalue weighted by atomic mass is 16.3. The summed E-state index contributed by atoms with van der Waals surface area (Å²) in [6, 6.07) is 7.16. The molecule has 1 fully saturated rings. The zero-order valence-corrected chi connectivity index (χ0v) is 15.9. The summed E-state index contributed by atoms with van der Waals surface area (Å²) in [5.41, 5.74) is 0.781. The summed E-state index contributed by atoms with van der Waals surface area (Å²) in [7, 11) is 0. The van der Waals surface area contributed by atoms with E-state index in [2.05, 4.69) is 10.1 Å². The Morgan fingerprint density at radius 3 is 2.33 bits per heavy atom. The van der Waals surface area contributed by atoms with Crippen molar-refractivity contribution in [3.63, 3.8) is 0 Å². The fraction of sp³-hybridized carbons (Fsp3) is 0.450. The molecule has 3 rings (SSSR count). The van der Waals surface area contributed by atoms with E-state index in [1.807, 2.05) is 31.0 Å². The Morgan fingerprint density at radius 1 is 1.11 bits per heavy atom. The van der Waals surface area contributed by atoms with Gasteiger partial charge in [-0.15, -0.1) is 0 Å². The van der Waals surface area contributed by atoms with Gasteiger partial charge in [0.1, 0.15) is 5.56 Å². The summed E-state index contributed by atoms with van der Waals surface area (Å²) in [5.74, 6) is -0.372. The van der Waals surface area contributed by atoms with Crippen LogP contribution in [0.25, 0.3) is 5.69 Å². The van der Waals surface area contributed by atoms with Gasteiger partial charge in [-0.05, 0) is 38.3 Å². The van der Waals surface area contributed by atoms with Crippen LogP contribution >= 0.6 is 0 Å². The number of aromatic hydroxyl groups is 1. The molecule has 0 unspecified atom stereocenters. The zero-order valence-electron chi connectivity index (χ0n) is 15.9. The molecule has 1 aliphatic rings. The fourth-order valence-electron chi connectivity index (χ4n) is 3.34. The normalized spacial score (nSPS) is 15.6. The molecule has 0 saturated carbocycles. The van der Waals surface area contributed by atoms with Crippen LogP contribution in [0.2, 0.25) is 0 Å². The van der Waals surface area contributed by atoms with Crippen molar-refractivity contribution in [2.75, 3.05) is 13.1 Å². The van der Waals surface area contributed by atoms with Crippen LogP contribution in [0.5, 0.6) is 5.88 Å². The fourth-order valence-corrected chi connectivity index (χ4v) is 3.34. The molecule has 0 aliphatic carbocycles. The standard InChI is InChI=1S/C20H26N4O3/c1-3-16(22-23-12-6-4-5-7-13-23)17-18(25)21-20(27)24(19(17)26)15-10-8-14(2)9-11-15/h8-11,26H,3-7,12-13H2,1-2H3,(H,21,25,27)/b22-16+. The van der Waals surface area contributed by atoms with Crippen molar-refractivity contribution < 1.29 is 5.11 Å². The number of benzene rings is 1. The third kappa shape index (κ3) is 4.13. The minimum absolute atomic E-state index is 0.0573. The summed E-state index contributed by atoms with van der Waals surface area (Å²) in [6.07, 6.45) is 4.95. The molecule has 2 N–H and O–H groups in total. The van der Waals surface area contributed by atoms with E-state index >= 15 is 0 Å². The maximum Gasteiger partial charge on any atom is 0.335 e. The Kier molecular flexibility index (Phi) is 5.78. The van der Waals surface area contributed by atoms with E-state index in [4.69, 9.17) is 0 Å². The van der Waals surface area contributed by atoms with Crippen LogP contribution in [0, 0.1) is 6.92 Å². The first-order chi connectivity index (χ1) is 13.0. The van der Waals surface area contributed by atoms with Crippen molar-refractivity contribution >= 4 is 5.71 Å². The first-order valence-corrected chi connectivity index (χ1v) is 9.49. The Balaban J connectivity index is 2.11. The summed E-state index contributed by atoms with van der Waals surface area (Å²) < 4.78 is 1.11. The number of rotatable bonds is 4. The Labute approximate surface area is 158 Å². The highest BCUT2D eigenvalue weighted by Crippen LogP contribution is 2.19. The van der Waals surface area contributed by atoms with Gasteiger partial charge in [0, 0.05) is 13.1 Å². The Morgan fingerprint density at radius 2 is 1.74 bits per heavy atom. The number of hydrogen-bond donors (Lipinski definition) is 2. The van der Waals surface area contributed by atoms with Crippen molar-refractivity contribution in [3.05, 3.63) is 56.2 Å². The number of hydrazone groups is 1. The van der Waals surface area contributed by atoms with Gasteiger partial charge in [0.15, 0.2) is 0 Å². The molecule has 1 aliphatic heterocycles. The van der Waals surface area contributed by atoms with Gasteiger partial charge in [0.05, 0.1) is 11.4 Å². The summed E-state index contributed by atoms with van der Waals surface area (Å²) >= 11 is 0. The number of nitrogens with zero attached hydrogens (tertiary/aromatic N) is 3. The van der Waals surface area contributed by atoms with Crippen LogP contribution < -0.4 is 11.2 Å². The molecule has 1 aromatic heterocycles. The molecule has 0 bridgehead atoms. The maximum atomic E-state index is 12.5. The molecule has 1 aromatic carbocycles. The lowest BCUT2D eigenvalue weighted by Crippen LogP contribution is -2.34. The molecule has 0 atom stereocenters.